The largest absolute Gasteiger partial charge is 0.497 e. The van der Waals surface area contributed by atoms with Crippen molar-refractivity contribution in [3.63, 3.8) is 0 Å². The molecule has 0 aliphatic rings. The highest BCUT2D eigenvalue weighted by Crippen LogP contribution is 2.24. The quantitative estimate of drug-likeness (QED) is 0.713. The molecule has 0 bridgehead atoms. The highest BCUT2D eigenvalue weighted by molar-refractivity contribution is 5.91. The van der Waals surface area contributed by atoms with Gasteiger partial charge in [0.15, 0.2) is 5.76 Å². The first-order valence-electron chi connectivity index (χ1n) is 7.43. The fourth-order valence-electron chi connectivity index (χ4n) is 2.13. The van der Waals surface area contributed by atoms with Gasteiger partial charge in [-0.1, -0.05) is 0 Å². The van der Waals surface area contributed by atoms with Crippen LogP contribution in [0.25, 0.3) is 0 Å². The summed E-state index contributed by atoms with van der Waals surface area (Å²) in [6.45, 7) is 0.623. The molecule has 0 radical (unpaired) electrons. The minimum absolute atomic E-state index is 0.159. The molecule has 7 heteroatoms. The predicted octanol–water partition coefficient (Wildman–Crippen LogP) is 1.39. The van der Waals surface area contributed by atoms with Crippen LogP contribution in [0.1, 0.15) is 16.1 Å². The van der Waals surface area contributed by atoms with Gasteiger partial charge in [-0.25, -0.2) is 0 Å². The minimum Gasteiger partial charge on any atom is -0.497 e. The number of nitrogens with one attached hydrogen (secondary N) is 2. The summed E-state index contributed by atoms with van der Waals surface area (Å²) in [5, 5.41) is 5.39. The zero-order chi connectivity index (χ0) is 17.4. The van der Waals surface area contributed by atoms with Crippen LogP contribution in [-0.2, 0) is 11.2 Å². The number of carbonyl (C=O) groups excluding carboxylic acids is 2. The summed E-state index contributed by atoms with van der Waals surface area (Å²) in [5.41, 5.74) is 0.731. The van der Waals surface area contributed by atoms with Crippen LogP contribution in [0.15, 0.2) is 41.0 Å². The van der Waals surface area contributed by atoms with Crippen molar-refractivity contribution in [3.8, 4) is 11.5 Å². The number of amides is 2. The molecule has 0 saturated heterocycles. The van der Waals surface area contributed by atoms with Crippen molar-refractivity contribution in [2.24, 2.45) is 0 Å². The maximum Gasteiger partial charge on any atom is 0.287 e. The van der Waals surface area contributed by atoms with Crippen molar-refractivity contribution in [2.75, 3.05) is 27.3 Å². The summed E-state index contributed by atoms with van der Waals surface area (Å²) in [4.78, 5) is 23.7. The Kier molecular flexibility index (Phi) is 6.24. The van der Waals surface area contributed by atoms with Gasteiger partial charge in [-0.15, -0.1) is 0 Å². The van der Waals surface area contributed by atoms with Crippen LogP contribution in [0.4, 0.5) is 0 Å². The van der Waals surface area contributed by atoms with Gasteiger partial charge in [0.2, 0.25) is 5.91 Å². The van der Waals surface area contributed by atoms with E-state index in [1.165, 1.54) is 6.26 Å². The van der Waals surface area contributed by atoms with E-state index >= 15 is 0 Å². The predicted molar refractivity (Wildman–Crippen MR) is 87.3 cm³/mol. The molecule has 1 aromatic carbocycles. The van der Waals surface area contributed by atoms with Crippen molar-refractivity contribution in [2.45, 2.75) is 6.42 Å². The first-order chi connectivity index (χ1) is 11.6. The lowest BCUT2D eigenvalue weighted by Crippen LogP contribution is -2.35. The number of hydrogen-bond donors (Lipinski definition) is 2. The molecule has 0 fully saturated rings. The SMILES string of the molecule is COc1ccc(OC)c(CC(=O)NCCNC(=O)c2ccco2)c1. The Morgan fingerprint density at radius 1 is 1.08 bits per heavy atom. The first-order valence-corrected chi connectivity index (χ1v) is 7.43. The molecule has 1 aromatic heterocycles. The molecule has 7 nitrogen and oxygen atoms in total. The number of furan rings is 1. The molecular formula is C17H20N2O5. The number of ether oxygens (including phenoxy) is 2. The fourth-order valence-corrected chi connectivity index (χ4v) is 2.13. The zero-order valence-corrected chi connectivity index (χ0v) is 13.6. The van der Waals surface area contributed by atoms with Crippen molar-refractivity contribution < 1.29 is 23.5 Å². The van der Waals surface area contributed by atoms with Gasteiger partial charge in [-0.2, -0.15) is 0 Å². The molecular weight excluding hydrogens is 312 g/mol. The summed E-state index contributed by atoms with van der Waals surface area (Å²) < 4.78 is 15.4. The van der Waals surface area contributed by atoms with E-state index in [9.17, 15) is 9.59 Å². The van der Waals surface area contributed by atoms with Gasteiger partial charge >= 0.3 is 0 Å². The third kappa shape index (κ3) is 4.77. The molecule has 128 valence electrons. The van der Waals surface area contributed by atoms with E-state index in [0.29, 0.717) is 24.6 Å². The molecule has 0 aliphatic carbocycles. The van der Waals surface area contributed by atoms with E-state index in [0.717, 1.165) is 5.56 Å². The van der Waals surface area contributed by atoms with E-state index in [1.54, 1.807) is 44.6 Å². The van der Waals surface area contributed by atoms with Gasteiger partial charge in [-0.05, 0) is 30.3 Å². The molecule has 0 unspecified atom stereocenters. The third-order valence-corrected chi connectivity index (χ3v) is 3.32. The lowest BCUT2D eigenvalue weighted by Gasteiger charge is -2.11. The summed E-state index contributed by atoms with van der Waals surface area (Å²) in [6, 6.07) is 8.49. The van der Waals surface area contributed by atoms with E-state index in [-0.39, 0.29) is 24.0 Å². The van der Waals surface area contributed by atoms with Crippen molar-refractivity contribution in [1.29, 1.82) is 0 Å². The fraction of sp³-hybridized carbons (Fsp3) is 0.294. The van der Waals surface area contributed by atoms with Crippen LogP contribution in [0.5, 0.6) is 11.5 Å². The van der Waals surface area contributed by atoms with Gasteiger partial charge in [0.25, 0.3) is 5.91 Å². The molecule has 0 aliphatic heterocycles. The minimum atomic E-state index is -0.316. The Morgan fingerprint density at radius 2 is 1.88 bits per heavy atom. The average Bonchev–Trinajstić information content (AvgIpc) is 3.13. The normalized spacial score (nSPS) is 10.1. The smallest absolute Gasteiger partial charge is 0.287 e. The second kappa shape index (κ2) is 8.61. The number of hydrogen-bond acceptors (Lipinski definition) is 5. The number of carbonyl (C=O) groups is 2. The lowest BCUT2D eigenvalue weighted by atomic mass is 10.1. The first kappa shape index (κ1) is 17.4. The van der Waals surface area contributed by atoms with Crippen LogP contribution < -0.4 is 20.1 Å². The molecule has 2 amide bonds. The molecule has 24 heavy (non-hydrogen) atoms. The average molecular weight is 332 g/mol. The number of methoxy groups -OCH3 is 2. The van der Waals surface area contributed by atoms with Gasteiger partial charge in [0.1, 0.15) is 11.5 Å². The van der Waals surface area contributed by atoms with Crippen LogP contribution >= 0.6 is 0 Å². The van der Waals surface area contributed by atoms with E-state index in [4.69, 9.17) is 13.9 Å². The van der Waals surface area contributed by atoms with E-state index < -0.39 is 0 Å². The summed E-state index contributed by atoms with van der Waals surface area (Å²) >= 11 is 0. The van der Waals surface area contributed by atoms with Crippen molar-refractivity contribution in [1.82, 2.24) is 10.6 Å². The second-order valence-electron chi connectivity index (χ2n) is 4.94. The van der Waals surface area contributed by atoms with Crippen molar-refractivity contribution >= 4 is 11.8 Å². The Hall–Kier alpha value is -2.96. The Morgan fingerprint density at radius 3 is 2.54 bits per heavy atom. The number of benzene rings is 1. The molecule has 0 spiro atoms. The maximum atomic E-state index is 12.0. The molecule has 2 aromatic rings. The Labute approximate surface area is 139 Å². The molecule has 1 heterocycles. The van der Waals surface area contributed by atoms with E-state index in [2.05, 4.69) is 10.6 Å². The second-order valence-corrected chi connectivity index (χ2v) is 4.94. The zero-order valence-electron chi connectivity index (χ0n) is 13.6. The van der Waals surface area contributed by atoms with Crippen LogP contribution in [0.2, 0.25) is 0 Å². The Balaban J connectivity index is 1.78. The highest BCUT2D eigenvalue weighted by atomic mass is 16.5. The molecule has 2 N–H and O–H groups in total. The van der Waals surface area contributed by atoms with Crippen LogP contribution in [0, 0.1) is 0 Å². The van der Waals surface area contributed by atoms with Gasteiger partial charge in [0.05, 0.1) is 26.9 Å². The van der Waals surface area contributed by atoms with Crippen LogP contribution in [-0.4, -0.2) is 39.1 Å². The maximum absolute atomic E-state index is 12.0. The van der Waals surface area contributed by atoms with Gasteiger partial charge in [-0.3, -0.25) is 9.59 Å². The topological polar surface area (TPSA) is 89.8 Å². The Bertz CT molecular complexity index is 682. The third-order valence-electron chi connectivity index (χ3n) is 3.32. The van der Waals surface area contributed by atoms with Crippen molar-refractivity contribution in [3.05, 3.63) is 47.9 Å². The molecule has 0 atom stereocenters. The summed E-state index contributed by atoms with van der Waals surface area (Å²) in [6.07, 6.45) is 1.59. The number of rotatable bonds is 8. The van der Waals surface area contributed by atoms with E-state index in [1.807, 2.05) is 0 Å². The summed E-state index contributed by atoms with van der Waals surface area (Å²) in [5.74, 6) is 1.03. The molecule has 2 rings (SSSR count). The van der Waals surface area contributed by atoms with Gasteiger partial charge in [0, 0.05) is 18.7 Å². The monoisotopic (exact) mass is 332 g/mol. The summed E-state index contributed by atoms with van der Waals surface area (Å²) in [7, 11) is 3.11. The lowest BCUT2D eigenvalue weighted by molar-refractivity contribution is -0.120. The highest BCUT2D eigenvalue weighted by Gasteiger charge is 2.11. The molecule has 0 saturated carbocycles. The van der Waals surface area contributed by atoms with Gasteiger partial charge < -0.3 is 24.5 Å². The standard InChI is InChI=1S/C17H20N2O5/c1-22-13-5-6-14(23-2)12(10-13)11-16(20)18-7-8-19-17(21)15-4-3-9-24-15/h3-6,9-10H,7-8,11H2,1-2H3,(H,18,20)(H,19,21). The van der Waals surface area contributed by atoms with Crippen LogP contribution in [0.3, 0.4) is 0 Å².